The second kappa shape index (κ2) is 3.56. The van der Waals surface area contributed by atoms with Gasteiger partial charge in [0, 0.05) is 5.04 Å². The standard InChI is InChI=1S/C14H20OSi/c1-11(15)14(16(2,3)4)10-13(14)12-8-6-5-7-9-12/h5-9,13H,10H2,1-4H3. The van der Waals surface area contributed by atoms with Crippen molar-refractivity contribution in [1.29, 1.82) is 0 Å². The number of ketones is 1. The molecule has 0 radical (unpaired) electrons. The average molecular weight is 232 g/mol. The van der Waals surface area contributed by atoms with Crippen molar-refractivity contribution < 1.29 is 4.79 Å². The lowest BCUT2D eigenvalue weighted by Crippen LogP contribution is -2.35. The van der Waals surface area contributed by atoms with E-state index >= 15 is 0 Å². The van der Waals surface area contributed by atoms with Gasteiger partial charge in [0.05, 0.1) is 8.07 Å². The molecule has 0 spiro atoms. The summed E-state index contributed by atoms with van der Waals surface area (Å²) in [5, 5.41) is 0.00829. The number of carbonyl (C=O) groups excluding carboxylic acids is 1. The molecule has 1 aliphatic rings. The first-order valence-electron chi connectivity index (χ1n) is 5.95. The van der Waals surface area contributed by atoms with Crippen molar-refractivity contribution in [2.24, 2.45) is 0 Å². The first-order chi connectivity index (χ1) is 7.39. The summed E-state index contributed by atoms with van der Waals surface area (Å²) in [7, 11) is -1.43. The Morgan fingerprint density at radius 1 is 1.25 bits per heavy atom. The molecule has 2 atom stereocenters. The molecule has 0 amide bonds. The second-order valence-corrected chi connectivity index (χ2v) is 11.3. The van der Waals surface area contributed by atoms with Gasteiger partial charge >= 0.3 is 0 Å². The van der Waals surface area contributed by atoms with Gasteiger partial charge in [-0.05, 0) is 24.8 Å². The normalized spacial score (nSPS) is 28.9. The summed E-state index contributed by atoms with van der Waals surface area (Å²) in [6.45, 7) is 8.73. The van der Waals surface area contributed by atoms with Gasteiger partial charge in [0.25, 0.3) is 0 Å². The number of hydrogen-bond acceptors (Lipinski definition) is 1. The highest BCUT2D eigenvalue weighted by Gasteiger charge is 2.65. The van der Waals surface area contributed by atoms with Crippen LogP contribution in [0.1, 0.15) is 24.8 Å². The van der Waals surface area contributed by atoms with E-state index in [1.165, 1.54) is 5.56 Å². The summed E-state index contributed by atoms with van der Waals surface area (Å²) in [5.41, 5.74) is 1.35. The van der Waals surface area contributed by atoms with Crippen LogP contribution in [0.4, 0.5) is 0 Å². The van der Waals surface area contributed by atoms with E-state index in [4.69, 9.17) is 0 Å². The lowest BCUT2D eigenvalue weighted by molar-refractivity contribution is -0.117. The molecule has 16 heavy (non-hydrogen) atoms. The van der Waals surface area contributed by atoms with E-state index in [0.717, 1.165) is 6.42 Å². The molecule has 1 aliphatic carbocycles. The van der Waals surface area contributed by atoms with Crippen LogP contribution in [-0.2, 0) is 4.79 Å². The smallest absolute Gasteiger partial charge is 0.133 e. The molecule has 1 aromatic carbocycles. The molecule has 86 valence electrons. The summed E-state index contributed by atoms with van der Waals surface area (Å²) >= 11 is 0. The number of Topliss-reactive ketones (excluding diaryl/α,β-unsaturated/α-hetero) is 1. The minimum absolute atomic E-state index is 0.00829. The second-order valence-electron chi connectivity index (χ2n) is 5.94. The van der Waals surface area contributed by atoms with Crippen LogP contribution in [0.2, 0.25) is 24.7 Å². The van der Waals surface area contributed by atoms with Crippen molar-refractivity contribution in [3.8, 4) is 0 Å². The van der Waals surface area contributed by atoms with Gasteiger partial charge in [-0.2, -0.15) is 0 Å². The Morgan fingerprint density at radius 3 is 2.19 bits per heavy atom. The van der Waals surface area contributed by atoms with Crippen molar-refractivity contribution in [1.82, 2.24) is 0 Å². The summed E-state index contributed by atoms with van der Waals surface area (Å²) in [4.78, 5) is 12.0. The lowest BCUT2D eigenvalue weighted by Gasteiger charge is -2.28. The maximum Gasteiger partial charge on any atom is 0.133 e. The molecule has 2 unspecified atom stereocenters. The zero-order valence-corrected chi connectivity index (χ0v) is 11.6. The highest BCUT2D eigenvalue weighted by molar-refractivity contribution is 6.83. The third-order valence-electron chi connectivity index (χ3n) is 4.13. The zero-order chi connectivity index (χ0) is 12.0. The predicted molar refractivity (Wildman–Crippen MR) is 70.5 cm³/mol. The zero-order valence-electron chi connectivity index (χ0n) is 10.6. The van der Waals surface area contributed by atoms with E-state index in [-0.39, 0.29) is 5.04 Å². The summed E-state index contributed by atoms with van der Waals surface area (Å²) in [6, 6.07) is 10.5. The molecular weight excluding hydrogens is 212 g/mol. The van der Waals surface area contributed by atoms with Gasteiger partial charge in [0.2, 0.25) is 0 Å². The van der Waals surface area contributed by atoms with Crippen LogP contribution >= 0.6 is 0 Å². The van der Waals surface area contributed by atoms with Crippen LogP contribution in [0.5, 0.6) is 0 Å². The molecule has 1 aromatic rings. The molecule has 2 heteroatoms. The number of rotatable bonds is 3. The predicted octanol–water partition coefficient (Wildman–Crippen LogP) is 3.84. The molecule has 1 saturated carbocycles. The van der Waals surface area contributed by atoms with Crippen molar-refractivity contribution >= 4 is 13.9 Å². The van der Waals surface area contributed by atoms with Crippen LogP contribution in [-0.4, -0.2) is 13.9 Å². The topological polar surface area (TPSA) is 17.1 Å². The number of carbonyl (C=O) groups is 1. The van der Waals surface area contributed by atoms with E-state index in [2.05, 4.69) is 43.9 Å². The third kappa shape index (κ3) is 1.56. The fourth-order valence-electron chi connectivity index (χ4n) is 3.10. The van der Waals surface area contributed by atoms with E-state index in [1.807, 2.05) is 6.07 Å². The fraction of sp³-hybridized carbons (Fsp3) is 0.500. The molecule has 1 fully saturated rings. The summed E-state index contributed by atoms with van der Waals surface area (Å²) < 4.78 is 0. The fourth-order valence-corrected chi connectivity index (χ4v) is 6.18. The maximum atomic E-state index is 12.0. The molecule has 0 bridgehead atoms. The van der Waals surface area contributed by atoms with Gasteiger partial charge in [-0.25, -0.2) is 0 Å². The van der Waals surface area contributed by atoms with Crippen molar-refractivity contribution in [2.45, 2.75) is 43.9 Å². The molecule has 0 saturated heterocycles. The van der Waals surface area contributed by atoms with Crippen molar-refractivity contribution in [3.05, 3.63) is 35.9 Å². The Labute approximate surface area is 98.9 Å². The van der Waals surface area contributed by atoms with Crippen LogP contribution in [0, 0.1) is 0 Å². The third-order valence-corrected chi connectivity index (χ3v) is 7.71. The Kier molecular flexibility index (Phi) is 2.58. The lowest BCUT2D eigenvalue weighted by atomic mass is 10.1. The monoisotopic (exact) mass is 232 g/mol. The quantitative estimate of drug-likeness (QED) is 0.724. The molecular formula is C14H20OSi. The van der Waals surface area contributed by atoms with Gasteiger partial charge < -0.3 is 0 Å². The highest BCUT2D eigenvalue weighted by Crippen LogP contribution is 2.71. The number of benzene rings is 1. The molecule has 0 N–H and O–H groups in total. The van der Waals surface area contributed by atoms with Gasteiger partial charge in [-0.3, -0.25) is 4.79 Å². The molecule has 1 nitrogen and oxygen atoms in total. The first-order valence-corrected chi connectivity index (χ1v) is 9.45. The Bertz CT molecular complexity index is 404. The Balaban J connectivity index is 2.34. The van der Waals surface area contributed by atoms with Crippen LogP contribution in [0.15, 0.2) is 30.3 Å². The Hall–Kier alpha value is -0.893. The van der Waals surface area contributed by atoms with E-state index < -0.39 is 8.07 Å². The van der Waals surface area contributed by atoms with Crippen LogP contribution in [0.25, 0.3) is 0 Å². The number of hydrogen-bond donors (Lipinski definition) is 0. The summed E-state index contributed by atoms with van der Waals surface area (Å²) in [6.07, 6.45) is 1.07. The van der Waals surface area contributed by atoms with Gasteiger partial charge in [-0.15, -0.1) is 0 Å². The molecule has 0 aliphatic heterocycles. The van der Waals surface area contributed by atoms with Gasteiger partial charge in [0.1, 0.15) is 5.78 Å². The molecule has 0 heterocycles. The molecule has 2 rings (SSSR count). The summed E-state index contributed by atoms with van der Waals surface area (Å²) in [5.74, 6) is 0.887. The van der Waals surface area contributed by atoms with Crippen molar-refractivity contribution in [3.63, 3.8) is 0 Å². The Morgan fingerprint density at radius 2 is 1.81 bits per heavy atom. The highest BCUT2D eigenvalue weighted by atomic mass is 28.3. The van der Waals surface area contributed by atoms with Gasteiger partial charge in [0.15, 0.2) is 0 Å². The minimum atomic E-state index is -1.43. The van der Waals surface area contributed by atoms with E-state index in [1.54, 1.807) is 6.92 Å². The minimum Gasteiger partial charge on any atom is -0.300 e. The van der Waals surface area contributed by atoms with Crippen molar-refractivity contribution in [2.75, 3.05) is 0 Å². The first kappa shape index (κ1) is 11.6. The van der Waals surface area contributed by atoms with Crippen LogP contribution < -0.4 is 0 Å². The molecule has 0 aromatic heterocycles. The largest absolute Gasteiger partial charge is 0.300 e. The maximum absolute atomic E-state index is 12.0. The average Bonchev–Trinajstić information content (AvgIpc) is 2.94. The van der Waals surface area contributed by atoms with Crippen LogP contribution in [0.3, 0.4) is 0 Å². The SMILES string of the molecule is CC(=O)C1([Si](C)(C)C)CC1c1ccccc1. The van der Waals surface area contributed by atoms with Gasteiger partial charge in [-0.1, -0.05) is 50.0 Å². The van der Waals surface area contributed by atoms with E-state index in [0.29, 0.717) is 11.7 Å². The van der Waals surface area contributed by atoms with E-state index in [9.17, 15) is 4.79 Å².